The molecule has 0 amide bonds. The van der Waals surface area contributed by atoms with Crippen molar-refractivity contribution in [2.75, 3.05) is 6.07 Å². The molecule has 1 nitrogen and oxygen atoms in total. The fraction of sp³-hybridized carbons (Fsp3) is 1.00. The van der Waals surface area contributed by atoms with Gasteiger partial charge in [0, 0.05) is 0 Å². The van der Waals surface area contributed by atoms with Gasteiger partial charge in [-0.15, -0.1) is 0 Å². The predicted octanol–water partition coefficient (Wildman–Crippen LogP) is 3.84. The first-order valence-electron chi connectivity index (χ1n) is 4.80. The predicted molar refractivity (Wildman–Crippen MR) is 58.2 cm³/mol. The van der Waals surface area contributed by atoms with Crippen molar-refractivity contribution in [3.05, 3.63) is 0 Å². The summed E-state index contributed by atoms with van der Waals surface area (Å²) in [5.41, 5.74) is 0. The highest BCUT2D eigenvalue weighted by atomic mass is 35.5. The Kier molecular flexibility index (Phi) is 6.24. The summed E-state index contributed by atoms with van der Waals surface area (Å²) in [6.07, 6.45) is 0. The lowest BCUT2D eigenvalue weighted by Gasteiger charge is -2.29. The molecule has 0 saturated carbocycles. The van der Waals surface area contributed by atoms with Crippen LogP contribution in [0.5, 0.6) is 0 Å². The van der Waals surface area contributed by atoms with E-state index >= 15 is 0 Å². The van der Waals surface area contributed by atoms with Crippen LogP contribution >= 0.6 is 11.6 Å². The highest BCUT2D eigenvalue weighted by Crippen LogP contribution is 2.26. The van der Waals surface area contributed by atoms with Gasteiger partial charge in [-0.25, -0.2) is 0 Å². The van der Waals surface area contributed by atoms with Crippen LogP contribution in [0, 0.1) is 5.92 Å². The Morgan fingerprint density at radius 3 is 2.00 bits per heavy atom. The maximum absolute atomic E-state index is 5.74. The molecule has 0 aliphatic rings. The Bertz CT molecular complexity index is 113. The van der Waals surface area contributed by atoms with Gasteiger partial charge in [0.1, 0.15) is 6.07 Å². The van der Waals surface area contributed by atoms with Gasteiger partial charge in [-0.1, -0.05) is 39.3 Å². The number of rotatable bonds is 6. The van der Waals surface area contributed by atoms with Gasteiger partial charge in [-0.05, 0) is 24.1 Å². The summed E-state index contributed by atoms with van der Waals surface area (Å²) >= 11 is 5.64. The largest absolute Gasteiger partial charge is 0.403 e. The molecule has 0 saturated heterocycles. The number of alkyl halides is 1. The minimum absolute atomic E-state index is 0.376. The Morgan fingerprint density at radius 1 is 1.25 bits per heavy atom. The summed E-state index contributed by atoms with van der Waals surface area (Å²) in [4.78, 5) is 0. The van der Waals surface area contributed by atoms with E-state index in [1.54, 1.807) is 0 Å². The normalized spacial score (nSPS) is 12.5. The molecule has 0 aliphatic carbocycles. The summed E-state index contributed by atoms with van der Waals surface area (Å²) in [5, 5.41) is 0. The molecule has 0 aromatic rings. The maximum Gasteiger partial charge on any atom is 0.194 e. The van der Waals surface area contributed by atoms with Crippen LogP contribution in [0.25, 0.3) is 0 Å². The fourth-order valence-electron chi connectivity index (χ4n) is 1.66. The molecule has 0 aromatic heterocycles. The Balaban J connectivity index is 4.13. The van der Waals surface area contributed by atoms with Gasteiger partial charge in [0.15, 0.2) is 8.32 Å². The van der Waals surface area contributed by atoms with Crippen LogP contribution in [0.3, 0.4) is 0 Å². The summed E-state index contributed by atoms with van der Waals surface area (Å²) in [6, 6.07) is 4.00. The lowest BCUT2D eigenvalue weighted by Crippen LogP contribution is -2.37. The Labute approximate surface area is 82.6 Å². The van der Waals surface area contributed by atoms with Crippen LogP contribution in [0.1, 0.15) is 27.7 Å². The molecule has 3 heteroatoms. The standard InChI is InChI=1S/C9H21ClOSi/c1-5-12(6-2,11-8-10)7-9(3)4/h9H,5-8H2,1-4H3. The van der Waals surface area contributed by atoms with E-state index in [4.69, 9.17) is 16.0 Å². The van der Waals surface area contributed by atoms with E-state index in [1.165, 1.54) is 18.1 Å². The fourth-order valence-corrected chi connectivity index (χ4v) is 5.68. The maximum atomic E-state index is 5.74. The zero-order valence-electron chi connectivity index (χ0n) is 8.69. The molecule has 0 spiro atoms. The summed E-state index contributed by atoms with van der Waals surface area (Å²) in [6.45, 7) is 8.96. The third-order valence-corrected chi connectivity index (χ3v) is 7.62. The van der Waals surface area contributed by atoms with Crippen molar-refractivity contribution in [1.29, 1.82) is 0 Å². The van der Waals surface area contributed by atoms with Crippen molar-refractivity contribution in [2.45, 2.75) is 45.8 Å². The van der Waals surface area contributed by atoms with E-state index in [2.05, 4.69) is 27.7 Å². The third-order valence-electron chi connectivity index (χ3n) is 2.43. The van der Waals surface area contributed by atoms with E-state index in [0.29, 0.717) is 6.07 Å². The molecule has 0 atom stereocenters. The van der Waals surface area contributed by atoms with Crippen molar-refractivity contribution in [1.82, 2.24) is 0 Å². The van der Waals surface area contributed by atoms with Crippen LogP contribution in [0.2, 0.25) is 18.1 Å². The highest BCUT2D eigenvalue weighted by Gasteiger charge is 2.31. The van der Waals surface area contributed by atoms with E-state index < -0.39 is 8.32 Å². The molecule has 12 heavy (non-hydrogen) atoms. The minimum Gasteiger partial charge on any atom is -0.403 e. The van der Waals surface area contributed by atoms with Gasteiger partial charge in [0.05, 0.1) is 0 Å². The molecule has 0 N–H and O–H groups in total. The topological polar surface area (TPSA) is 9.23 Å². The lowest BCUT2D eigenvalue weighted by molar-refractivity contribution is 0.359. The molecular weight excluding hydrogens is 188 g/mol. The summed E-state index contributed by atoms with van der Waals surface area (Å²) < 4.78 is 5.74. The zero-order chi connectivity index (χ0) is 9.61. The average Bonchev–Trinajstić information content (AvgIpc) is 2.03. The molecule has 0 aromatic carbocycles. The molecule has 0 heterocycles. The van der Waals surface area contributed by atoms with E-state index in [1.807, 2.05) is 0 Å². The molecule has 0 radical (unpaired) electrons. The third kappa shape index (κ3) is 3.92. The molecule has 0 rings (SSSR count). The first-order valence-corrected chi connectivity index (χ1v) is 7.86. The zero-order valence-corrected chi connectivity index (χ0v) is 10.4. The number of hydrogen-bond donors (Lipinski definition) is 0. The monoisotopic (exact) mass is 208 g/mol. The smallest absolute Gasteiger partial charge is 0.194 e. The second kappa shape index (κ2) is 6.00. The van der Waals surface area contributed by atoms with Gasteiger partial charge >= 0.3 is 0 Å². The van der Waals surface area contributed by atoms with E-state index in [9.17, 15) is 0 Å². The van der Waals surface area contributed by atoms with Crippen LogP contribution in [0.15, 0.2) is 0 Å². The second-order valence-corrected chi connectivity index (χ2v) is 8.44. The van der Waals surface area contributed by atoms with Gasteiger partial charge in [-0.3, -0.25) is 0 Å². The number of halogens is 1. The van der Waals surface area contributed by atoms with Crippen LogP contribution in [-0.2, 0) is 4.43 Å². The number of hydrogen-bond acceptors (Lipinski definition) is 1. The molecule has 0 unspecified atom stereocenters. The average molecular weight is 209 g/mol. The first kappa shape index (κ1) is 12.5. The van der Waals surface area contributed by atoms with Crippen LogP contribution in [-0.4, -0.2) is 14.4 Å². The molecule has 0 bridgehead atoms. The lowest BCUT2D eigenvalue weighted by atomic mass is 10.3. The van der Waals surface area contributed by atoms with E-state index in [-0.39, 0.29) is 0 Å². The second-order valence-electron chi connectivity index (χ2n) is 3.74. The van der Waals surface area contributed by atoms with Crippen molar-refractivity contribution in [2.24, 2.45) is 5.92 Å². The Hall–Kier alpha value is 0.467. The van der Waals surface area contributed by atoms with Crippen molar-refractivity contribution < 1.29 is 4.43 Å². The molecule has 74 valence electrons. The van der Waals surface area contributed by atoms with Crippen LogP contribution in [0.4, 0.5) is 0 Å². The van der Waals surface area contributed by atoms with Crippen LogP contribution < -0.4 is 0 Å². The van der Waals surface area contributed by atoms with Gasteiger partial charge in [0.25, 0.3) is 0 Å². The quantitative estimate of drug-likeness (QED) is 0.476. The summed E-state index contributed by atoms with van der Waals surface area (Å²) in [5.74, 6) is 0.736. The first-order chi connectivity index (χ1) is 5.60. The van der Waals surface area contributed by atoms with Crippen molar-refractivity contribution in [3.63, 3.8) is 0 Å². The van der Waals surface area contributed by atoms with E-state index in [0.717, 1.165) is 5.92 Å². The van der Waals surface area contributed by atoms with Crippen molar-refractivity contribution >= 4 is 19.9 Å². The molecule has 0 aliphatic heterocycles. The Morgan fingerprint density at radius 2 is 1.75 bits per heavy atom. The highest BCUT2D eigenvalue weighted by molar-refractivity contribution is 6.73. The minimum atomic E-state index is -1.44. The summed E-state index contributed by atoms with van der Waals surface area (Å²) in [7, 11) is -1.44. The van der Waals surface area contributed by atoms with Gasteiger partial charge < -0.3 is 4.43 Å². The van der Waals surface area contributed by atoms with Gasteiger partial charge in [0.2, 0.25) is 0 Å². The SMILES string of the molecule is CC[Si](CC)(CC(C)C)OCCl. The van der Waals surface area contributed by atoms with Crippen molar-refractivity contribution in [3.8, 4) is 0 Å². The van der Waals surface area contributed by atoms with Gasteiger partial charge in [-0.2, -0.15) is 0 Å². The molecule has 0 fully saturated rings. The molecular formula is C9H21ClOSi.